The van der Waals surface area contributed by atoms with E-state index in [9.17, 15) is 9.18 Å². The normalized spacial score (nSPS) is 15.5. The SMILES string of the molecule is Cc1ccc(CCCNC(=O)C2CCN(Cc3c(F)cccc3Cl)CC2)cc1. The second-order valence-corrected chi connectivity index (χ2v) is 8.04. The molecule has 1 N–H and O–H groups in total. The van der Waals surface area contributed by atoms with Gasteiger partial charge in [-0.05, 0) is 63.4 Å². The third kappa shape index (κ3) is 5.79. The first-order valence-corrected chi connectivity index (χ1v) is 10.4. The zero-order valence-corrected chi connectivity index (χ0v) is 17.1. The Kier molecular flexibility index (Phi) is 7.46. The van der Waals surface area contributed by atoms with Crippen molar-refractivity contribution in [2.75, 3.05) is 19.6 Å². The number of halogens is 2. The highest BCUT2D eigenvalue weighted by atomic mass is 35.5. The molecule has 0 radical (unpaired) electrons. The summed E-state index contributed by atoms with van der Waals surface area (Å²) >= 11 is 6.12. The smallest absolute Gasteiger partial charge is 0.223 e. The number of carbonyl (C=O) groups excluding carboxylic acids is 1. The van der Waals surface area contributed by atoms with Gasteiger partial charge in [0.15, 0.2) is 0 Å². The fourth-order valence-corrected chi connectivity index (χ4v) is 3.89. The summed E-state index contributed by atoms with van der Waals surface area (Å²) in [6.07, 6.45) is 3.52. The molecule has 28 heavy (non-hydrogen) atoms. The van der Waals surface area contributed by atoms with Crippen LogP contribution in [-0.4, -0.2) is 30.4 Å². The molecule has 0 atom stereocenters. The van der Waals surface area contributed by atoms with Gasteiger partial charge < -0.3 is 5.32 Å². The van der Waals surface area contributed by atoms with Crippen molar-refractivity contribution in [2.24, 2.45) is 5.92 Å². The number of carbonyl (C=O) groups is 1. The summed E-state index contributed by atoms with van der Waals surface area (Å²) in [7, 11) is 0. The molecule has 0 saturated carbocycles. The molecule has 1 saturated heterocycles. The molecule has 1 fully saturated rings. The Bertz CT molecular complexity index is 765. The van der Waals surface area contributed by atoms with E-state index in [2.05, 4.69) is 41.4 Å². The molecular formula is C23H28ClFN2O. The highest BCUT2D eigenvalue weighted by molar-refractivity contribution is 6.31. The summed E-state index contributed by atoms with van der Waals surface area (Å²) in [5.74, 6) is -0.0693. The lowest BCUT2D eigenvalue weighted by molar-refractivity contribution is -0.126. The number of amides is 1. The lowest BCUT2D eigenvalue weighted by Gasteiger charge is -2.31. The minimum Gasteiger partial charge on any atom is -0.356 e. The van der Waals surface area contributed by atoms with E-state index >= 15 is 0 Å². The van der Waals surface area contributed by atoms with Crippen LogP contribution in [0.5, 0.6) is 0 Å². The number of benzene rings is 2. The number of nitrogens with zero attached hydrogens (tertiary/aromatic N) is 1. The van der Waals surface area contributed by atoms with Crippen LogP contribution in [0.15, 0.2) is 42.5 Å². The summed E-state index contributed by atoms with van der Waals surface area (Å²) in [6, 6.07) is 13.3. The largest absolute Gasteiger partial charge is 0.356 e. The number of aryl methyl sites for hydroxylation is 2. The zero-order valence-electron chi connectivity index (χ0n) is 16.4. The average Bonchev–Trinajstić information content (AvgIpc) is 2.70. The molecule has 1 aliphatic heterocycles. The molecule has 1 aliphatic rings. The molecule has 0 aromatic heterocycles. The Balaban J connectivity index is 1.37. The predicted octanol–water partition coefficient (Wildman–Crippen LogP) is 4.75. The maximum atomic E-state index is 14.0. The molecule has 2 aromatic rings. The van der Waals surface area contributed by atoms with Crippen LogP contribution in [0.2, 0.25) is 5.02 Å². The number of hydrogen-bond acceptors (Lipinski definition) is 2. The summed E-state index contributed by atoms with van der Waals surface area (Å²) in [4.78, 5) is 14.6. The van der Waals surface area contributed by atoms with Crippen molar-refractivity contribution in [3.63, 3.8) is 0 Å². The third-order valence-corrected chi connectivity index (χ3v) is 5.82. The van der Waals surface area contributed by atoms with Gasteiger partial charge in [0, 0.05) is 29.6 Å². The monoisotopic (exact) mass is 402 g/mol. The van der Waals surface area contributed by atoms with Crippen molar-refractivity contribution >= 4 is 17.5 Å². The molecule has 0 aliphatic carbocycles. The second kappa shape index (κ2) is 10.0. The Hall–Kier alpha value is -1.91. The van der Waals surface area contributed by atoms with Gasteiger partial charge >= 0.3 is 0 Å². The van der Waals surface area contributed by atoms with Crippen LogP contribution in [0.3, 0.4) is 0 Å². The summed E-state index contributed by atoms with van der Waals surface area (Å²) < 4.78 is 14.0. The van der Waals surface area contributed by atoms with Crippen molar-refractivity contribution in [3.05, 3.63) is 70.0 Å². The summed E-state index contributed by atoms with van der Waals surface area (Å²) in [5, 5.41) is 3.54. The van der Waals surface area contributed by atoms with Crippen molar-refractivity contribution in [2.45, 2.75) is 39.2 Å². The van der Waals surface area contributed by atoms with E-state index in [1.54, 1.807) is 12.1 Å². The van der Waals surface area contributed by atoms with Crippen molar-refractivity contribution in [1.82, 2.24) is 10.2 Å². The van der Waals surface area contributed by atoms with Gasteiger partial charge in [0.1, 0.15) is 5.82 Å². The Labute approximate surface area is 171 Å². The van der Waals surface area contributed by atoms with Crippen molar-refractivity contribution in [3.8, 4) is 0 Å². The summed E-state index contributed by atoms with van der Waals surface area (Å²) in [5.41, 5.74) is 3.11. The molecule has 5 heteroatoms. The molecule has 0 bridgehead atoms. The molecule has 1 amide bonds. The van der Waals surface area contributed by atoms with E-state index in [1.165, 1.54) is 17.2 Å². The maximum Gasteiger partial charge on any atom is 0.223 e. The quantitative estimate of drug-likeness (QED) is 0.678. The molecule has 150 valence electrons. The lowest BCUT2D eigenvalue weighted by Crippen LogP contribution is -2.40. The number of rotatable bonds is 7. The first-order chi connectivity index (χ1) is 13.5. The van der Waals surface area contributed by atoms with Crippen LogP contribution in [0.1, 0.15) is 36.0 Å². The molecule has 3 rings (SSSR count). The third-order valence-electron chi connectivity index (χ3n) is 5.46. The minimum atomic E-state index is -0.263. The van der Waals surface area contributed by atoms with E-state index in [-0.39, 0.29) is 17.6 Å². The van der Waals surface area contributed by atoms with E-state index < -0.39 is 0 Å². The van der Waals surface area contributed by atoms with Crippen LogP contribution in [-0.2, 0) is 17.8 Å². The van der Waals surface area contributed by atoms with Crippen LogP contribution < -0.4 is 5.32 Å². The van der Waals surface area contributed by atoms with E-state index in [4.69, 9.17) is 11.6 Å². The van der Waals surface area contributed by atoms with Gasteiger partial charge in [-0.25, -0.2) is 4.39 Å². The topological polar surface area (TPSA) is 32.3 Å². The maximum absolute atomic E-state index is 14.0. The highest BCUT2D eigenvalue weighted by Crippen LogP contribution is 2.24. The molecule has 0 spiro atoms. The highest BCUT2D eigenvalue weighted by Gasteiger charge is 2.25. The minimum absolute atomic E-state index is 0.0479. The molecule has 3 nitrogen and oxygen atoms in total. The fourth-order valence-electron chi connectivity index (χ4n) is 3.66. The van der Waals surface area contributed by atoms with Gasteiger partial charge in [-0.2, -0.15) is 0 Å². The van der Waals surface area contributed by atoms with E-state index in [0.29, 0.717) is 23.7 Å². The fraction of sp³-hybridized carbons (Fsp3) is 0.435. The van der Waals surface area contributed by atoms with Crippen molar-refractivity contribution < 1.29 is 9.18 Å². The number of hydrogen-bond donors (Lipinski definition) is 1. The van der Waals surface area contributed by atoms with E-state index in [0.717, 1.165) is 38.8 Å². The summed E-state index contributed by atoms with van der Waals surface area (Å²) in [6.45, 7) is 4.85. The van der Waals surface area contributed by atoms with Gasteiger partial charge in [-0.3, -0.25) is 9.69 Å². The lowest BCUT2D eigenvalue weighted by atomic mass is 9.95. The number of likely N-dealkylation sites (tertiary alicyclic amines) is 1. The Morgan fingerprint density at radius 3 is 2.57 bits per heavy atom. The number of piperidine rings is 1. The van der Waals surface area contributed by atoms with Gasteiger partial charge in [0.25, 0.3) is 0 Å². The van der Waals surface area contributed by atoms with Crippen molar-refractivity contribution in [1.29, 1.82) is 0 Å². The van der Waals surface area contributed by atoms with Crippen LogP contribution in [0.4, 0.5) is 4.39 Å². The zero-order chi connectivity index (χ0) is 19.9. The van der Waals surface area contributed by atoms with Gasteiger partial charge in [0.2, 0.25) is 5.91 Å². The first-order valence-electron chi connectivity index (χ1n) is 10.0. The van der Waals surface area contributed by atoms with Gasteiger partial charge in [0.05, 0.1) is 0 Å². The molecule has 1 heterocycles. The van der Waals surface area contributed by atoms with Gasteiger partial charge in [-0.1, -0.05) is 47.5 Å². The van der Waals surface area contributed by atoms with Crippen LogP contribution >= 0.6 is 11.6 Å². The molecule has 2 aromatic carbocycles. The Morgan fingerprint density at radius 1 is 1.18 bits per heavy atom. The van der Waals surface area contributed by atoms with E-state index in [1.807, 2.05) is 0 Å². The van der Waals surface area contributed by atoms with Crippen LogP contribution in [0.25, 0.3) is 0 Å². The van der Waals surface area contributed by atoms with Crippen LogP contribution in [0, 0.1) is 18.7 Å². The van der Waals surface area contributed by atoms with Gasteiger partial charge in [-0.15, -0.1) is 0 Å². The molecule has 0 unspecified atom stereocenters. The predicted molar refractivity (Wildman–Crippen MR) is 112 cm³/mol. The number of nitrogens with one attached hydrogen (secondary N) is 1. The standard InChI is InChI=1S/C23H28ClFN2O/c1-17-7-9-18(10-8-17)4-3-13-26-23(28)19-11-14-27(15-12-19)16-20-21(24)5-2-6-22(20)25/h2,5-10,19H,3-4,11-16H2,1H3,(H,26,28). The second-order valence-electron chi connectivity index (χ2n) is 7.63. The first kappa shape index (κ1) is 20.8. The Morgan fingerprint density at radius 2 is 1.89 bits per heavy atom. The molecular weight excluding hydrogens is 375 g/mol. The average molecular weight is 403 g/mol.